The summed E-state index contributed by atoms with van der Waals surface area (Å²) in [5, 5.41) is 3.00. The summed E-state index contributed by atoms with van der Waals surface area (Å²) in [5.74, 6) is -0.331. The van der Waals surface area contributed by atoms with E-state index in [-0.39, 0.29) is 30.8 Å². The number of sulfonamides is 1. The number of aryl methyl sites for hydroxylation is 1. The highest BCUT2D eigenvalue weighted by Gasteiger charge is 2.29. The quantitative estimate of drug-likeness (QED) is 0.444. The number of nitrogens with zero attached hydrogens (tertiary/aromatic N) is 2. The Bertz CT molecular complexity index is 1070. The van der Waals surface area contributed by atoms with Crippen molar-refractivity contribution in [3.63, 3.8) is 0 Å². The van der Waals surface area contributed by atoms with E-state index in [1.165, 1.54) is 10.6 Å². The zero-order chi connectivity index (χ0) is 26.0. The highest BCUT2D eigenvalue weighted by atomic mass is 32.2. The minimum Gasteiger partial charge on any atom is -0.352 e. The molecule has 0 aliphatic heterocycles. The van der Waals surface area contributed by atoms with Gasteiger partial charge in [-0.25, -0.2) is 8.42 Å². The SMILES string of the molecule is CC[C@H](C)NC(=O)[C@H](CC)N(Cc1ccccc1)C(=O)CCCN(c1ccccc1C)S(C)(=O)=O. The normalized spacial score (nSPS) is 13.1. The molecule has 0 heterocycles. The first-order valence-corrected chi connectivity index (χ1v) is 14.1. The van der Waals surface area contributed by atoms with E-state index >= 15 is 0 Å². The maximum absolute atomic E-state index is 13.4. The summed E-state index contributed by atoms with van der Waals surface area (Å²) in [5.41, 5.74) is 2.40. The van der Waals surface area contributed by atoms with Crippen molar-refractivity contribution >= 4 is 27.5 Å². The van der Waals surface area contributed by atoms with Gasteiger partial charge in [0.2, 0.25) is 21.8 Å². The maximum atomic E-state index is 13.4. The molecule has 2 atom stereocenters. The van der Waals surface area contributed by atoms with Gasteiger partial charge in [0.1, 0.15) is 6.04 Å². The third-order valence-corrected chi connectivity index (χ3v) is 7.30. The molecule has 2 rings (SSSR count). The highest BCUT2D eigenvalue weighted by molar-refractivity contribution is 7.92. The molecule has 1 N–H and O–H groups in total. The van der Waals surface area contributed by atoms with Crippen LogP contribution in [0.5, 0.6) is 0 Å². The number of anilines is 1. The molecule has 192 valence electrons. The maximum Gasteiger partial charge on any atom is 0.243 e. The van der Waals surface area contributed by atoms with Gasteiger partial charge in [-0.05, 0) is 50.3 Å². The van der Waals surface area contributed by atoms with Gasteiger partial charge in [-0.1, -0.05) is 62.4 Å². The first-order chi connectivity index (χ1) is 16.6. The van der Waals surface area contributed by atoms with Crippen LogP contribution in [0.1, 0.15) is 57.6 Å². The van der Waals surface area contributed by atoms with Crippen LogP contribution in [0.2, 0.25) is 0 Å². The number of rotatable bonds is 13. The summed E-state index contributed by atoms with van der Waals surface area (Å²) in [6, 6.07) is 16.3. The molecule has 0 aliphatic carbocycles. The van der Waals surface area contributed by atoms with Crippen LogP contribution >= 0.6 is 0 Å². The molecule has 0 radical (unpaired) electrons. The van der Waals surface area contributed by atoms with Crippen molar-refractivity contribution in [2.24, 2.45) is 0 Å². The molecule has 2 aromatic rings. The smallest absolute Gasteiger partial charge is 0.243 e. The molecule has 7 nitrogen and oxygen atoms in total. The lowest BCUT2D eigenvalue weighted by atomic mass is 10.1. The van der Waals surface area contributed by atoms with Crippen molar-refractivity contribution in [2.45, 2.75) is 72.0 Å². The van der Waals surface area contributed by atoms with Crippen molar-refractivity contribution in [1.82, 2.24) is 10.2 Å². The summed E-state index contributed by atoms with van der Waals surface area (Å²) < 4.78 is 26.3. The Labute approximate surface area is 210 Å². The first-order valence-electron chi connectivity index (χ1n) is 12.3. The molecule has 35 heavy (non-hydrogen) atoms. The average Bonchev–Trinajstić information content (AvgIpc) is 2.82. The third kappa shape index (κ3) is 8.38. The van der Waals surface area contributed by atoms with Crippen molar-refractivity contribution in [2.75, 3.05) is 17.1 Å². The van der Waals surface area contributed by atoms with E-state index in [0.29, 0.717) is 25.1 Å². The van der Waals surface area contributed by atoms with Crippen molar-refractivity contribution in [3.8, 4) is 0 Å². The fraction of sp³-hybridized carbons (Fsp3) is 0.481. The Hall–Kier alpha value is -2.87. The van der Waals surface area contributed by atoms with Crippen LogP contribution in [0, 0.1) is 6.92 Å². The van der Waals surface area contributed by atoms with E-state index in [9.17, 15) is 18.0 Å². The van der Waals surface area contributed by atoms with Gasteiger partial charge >= 0.3 is 0 Å². The molecule has 0 aromatic heterocycles. The number of nitrogens with one attached hydrogen (secondary N) is 1. The molecule has 2 aromatic carbocycles. The molecule has 0 saturated heterocycles. The molecule has 0 bridgehead atoms. The van der Waals surface area contributed by atoms with Gasteiger partial charge in [-0.3, -0.25) is 13.9 Å². The molecule has 0 spiro atoms. The van der Waals surface area contributed by atoms with Crippen LogP contribution in [0.4, 0.5) is 5.69 Å². The van der Waals surface area contributed by atoms with Gasteiger partial charge in [0.15, 0.2) is 0 Å². The van der Waals surface area contributed by atoms with E-state index < -0.39 is 16.1 Å². The Balaban J connectivity index is 2.20. The standard InChI is InChI=1S/C27H39N3O4S/c1-6-22(4)28-27(32)24(7-2)29(20-23-15-9-8-10-16-23)26(31)18-13-19-30(35(5,33)34)25-17-12-11-14-21(25)3/h8-12,14-17,22,24H,6-7,13,18-20H2,1-5H3,(H,28,32)/t22-,24-/m0/s1. The Morgan fingerprint density at radius 1 is 0.971 bits per heavy atom. The monoisotopic (exact) mass is 501 g/mol. The lowest BCUT2D eigenvalue weighted by Crippen LogP contribution is -2.50. The lowest BCUT2D eigenvalue weighted by Gasteiger charge is -2.32. The van der Waals surface area contributed by atoms with Gasteiger partial charge in [0.05, 0.1) is 11.9 Å². The second-order valence-electron chi connectivity index (χ2n) is 8.97. The predicted molar refractivity (Wildman–Crippen MR) is 142 cm³/mol. The molecular formula is C27H39N3O4S. The van der Waals surface area contributed by atoms with Gasteiger partial charge in [-0.2, -0.15) is 0 Å². The number of hydrogen-bond acceptors (Lipinski definition) is 4. The molecule has 2 amide bonds. The second-order valence-corrected chi connectivity index (χ2v) is 10.9. The molecule has 0 aliphatic rings. The molecule has 0 fully saturated rings. The van der Waals surface area contributed by atoms with Gasteiger partial charge in [0.25, 0.3) is 0 Å². The minimum atomic E-state index is -3.51. The van der Waals surface area contributed by atoms with E-state index in [4.69, 9.17) is 0 Å². The van der Waals surface area contributed by atoms with Crippen molar-refractivity contribution in [3.05, 3.63) is 65.7 Å². The lowest BCUT2D eigenvalue weighted by molar-refractivity contribution is -0.141. The second kappa shape index (κ2) is 13.3. The third-order valence-electron chi connectivity index (χ3n) is 6.12. The summed E-state index contributed by atoms with van der Waals surface area (Å²) in [4.78, 5) is 28.1. The van der Waals surface area contributed by atoms with E-state index in [1.54, 1.807) is 17.0 Å². The fourth-order valence-electron chi connectivity index (χ4n) is 3.97. The zero-order valence-corrected chi connectivity index (χ0v) is 22.3. The van der Waals surface area contributed by atoms with E-state index in [0.717, 1.165) is 17.5 Å². The number of amides is 2. The van der Waals surface area contributed by atoms with Gasteiger partial charge in [-0.15, -0.1) is 0 Å². The topological polar surface area (TPSA) is 86.8 Å². The van der Waals surface area contributed by atoms with Crippen LogP contribution in [0.25, 0.3) is 0 Å². The predicted octanol–water partition coefficient (Wildman–Crippen LogP) is 4.26. The fourth-order valence-corrected chi connectivity index (χ4v) is 4.99. The van der Waals surface area contributed by atoms with Crippen LogP contribution in [-0.4, -0.2) is 50.0 Å². The average molecular weight is 502 g/mol. The summed E-state index contributed by atoms with van der Waals surface area (Å²) in [6.45, 7) is 8.21. The van der Waals surface area contributed by atoms with Gasteiger partial charge < -0.3 is 10.2 Å². The Kier molecular flexibility index (Phi) is 10.8. The Morgan fingerprint density at radius 3 is 2.17 bits per heavy atom. The molecule has 0 saturated carbocycles. The number of benzene rings is 2. The van der Waals surface area contributed by atoms with Crippen LogP contribution < -0.4 is 9.62 Å². The largest absolute Gasteiger partial charge is 0.352 e. The molecular weight excluding hydrogens is 462 g/mol. The highest BCUT2D eigenvalue weighted by Crippen LogP contribution is 2.23. The summed E-state index contributed by atoms with van der Waals surface area (Å²) in [7, 11) is -3.51. The summed E-state index contributed by atoms with van der Waals surface area (Å²) >= 11 is 0. The van der Waals surface area contributed by atoms with Crippen LogP contribution in [0.3, 0.4) is 0 Å². The van der Waals surface area contributed by atoms with Crippen molar-refractivity contribution < 1.29 is 18.0 Å². The van der Waals surface area contributed by atoms with E-state index in [1.807, 2.05) is 70.2 Å². The Morgan fingerprint density at radius 2 is 1.60 bits per heavy atom. The number of carbonyl (C=O) groups excluding carboxylic acids is 2. The van der Waals surface area contributed by atoms with E-state index in [2.05, 4.69) is 5.32 Å². The number of carbonyl (C=O) groups is 2. The zero-order valence-electron chi connectivity index (χ0n) is 21.5. The van der Waals surface area contributed by atoms with Crippen LogP contribution in [-0.2, 0) is 26.2 Å². The van der Waals surface area contributed by atoms with Gasteiger partial charge in [0, 0.05) is 25.6 Å². The minimum absolute atomic E-state index is 0.0164. The number of hydrogen-bond donors (Lipinski definition) is 1. The summed E-state index contributed by atoms with van der Waals surface area (Å²) in [6.07, 6.45) is 2.94. The molecule has 0 unspecified atom stereocenters. The van der Waals surface area contributed by atoms with Crippen molar-refractivity contribution in [1.29, 1.82) is 0 Å². The molecule has 8 heteroatoms. The van der Waals surface area contributed by atoms with Crippen LogP contribution in [0.15, 0.2) is 54.6 Å². The first kappa shape index (κ1) is 28.4. The number of para-hydroxylation sites is 1.